The lowest BCUT2D eigenvalue weighted by atomic mass is 10.2. The number of rotatable bonds is 8. The van der Waals surface area contributed by atoms with E-state index in [9.17, 15) is 8.42 Å². The van der Waals surface area contributed by atoms with Crippen molar-refractivity contribution in [3.8, 4) is 17.0 Å². The molecule has 34 heavy (non-hydrogen) atoms. The number of aromatic amines is 1. The largest absolute Gasteiger partial charge is 0.491 e. The second kappa shape index (κ2) is 9.14. The van der Waals surface area contributed by atoms with E-state index < -0.39 is 9.84 Å². The third-order valence-corrected chi connectivity index (χ3v) is 5.90. The Kier molecular flexibility index (Phi) is 6.24. The van der Waals surface area contributed by atoms with Gasteiger partial charge in [0.2, 0.25) is 5.95 Å². The Morgan fingerprint density at radius 2 is 1.94 bits per heavy atom. The van der Waals surface area contributed by atoms with Crippen molar-refractivity contribution in [2.24, 2.45) is 7.05 Å². The van der Waals surface area contributed by atoms with Crippen LogP contribution >= 0.6 is 0 Å². The summed E-state index contributed by atoms with van der Waals surface area (Å²) in [5.41, 5.74) is 3.73. The van der Waals surface area contributed by atoms with E-state index in [1.165, 1.54) is 6.26 Å². The lowest BCUT2D eigenvalue weighted by molar-refractivity contribution is 0.415. The molecule has 3 aromatic heterocycles. The quantitative estimate of drug-likeness (QED) is 0.389. The van der Waals surface area contributed by atoms with Gasteiger partial charge in [-0.1, -0.05) is 12.1 Å². The monoisotopic (exact) mass is 482 g/mol. The Labute approximate surface area is 197 Å². The number of sulfone groups is 1. The minimum atomic E-state index is -3.11. The molecule has 1 aromatic carbocycles. The molecular weight excluding hydrogens is 456 g/mol. The van der Waals surface area contributed by atoms with Crippen molar-refractivity contribution in [2.45, 2.75) is 12.7 Å². The van der Waals surface area contributed by atoms with Gasteiger partial charge in [-0.2, -0.15) is 15.2 Å². The summed E-state index contributed by atoms with van der Waals surface area (Å²) >= 11 is 0. The summed E-state index contributed by atoms with van der Waals surface area (Å²) in [6.45, 7) is 1.91. The maximum atomic E-state index is 11.6. The van der Waals surface area contributed by atoms with Crippen molar-refractivity contribution in [2.75, 3.05) is 30.6 Å². The molecule has 11 nitrogen and oxygen atoms in total. The first kappa shape index (κ1) is 23.2. The van der Waals surface area contributed by atoms with Gasteiger partial charge in [-0.25, -0.2) is 13.4 Å². The Morgan fingerprint density at radius 3 is 2.50 bits per heavy atom. The summed E-state index contributed by atoms with van der Waals surface area (Å²) in [5, 5.41) is 14.6. The lowest BCUT2D eigenvalue weighted by Crippen LogP contribution is -2.15. The van der Waals surface area contributed by atoms with E-state index in [1.807, 2.05) is 50.3 Å². The molecule has 0 aliphatic carbocycles. The van der Waals surface area contributed by atoms with Crippen molar-refractivity contribution < 1.29 is 13.2 Å². The van der Waals surface area contributed by atoms with Gasteiger partial charge in [0.05, 0.1) is 19.1 Å². The Hall–Kier alpha value is -3.93. The van der Waals surface area contributed by atoms with Crippen LogP contribution in [0.15, 0.2) is 42.7 Å². The smallest absolute Gasteiger partial charge is 0.232 e. The highest BCUT2D eigenvalue weighted by atomic mass is 32.2. The predicted molar refractivity (Wildman–Crippen MR) is 130 cm³/mol. The molecule has 0 unspecified atom stereocenters. The van der Waals surface area contributed by atoms with Crippen LogP contribution in [0, 0.1) is 6.92 Å². The average Bonchev–Trinajstić information content (AvgIpc) is 3.40. The summed E-state index contributed by atoms with van der Waals surface area (Å²) < 4.78 is 30.6. The second-order valence-corrected chi connectivity index (χ2v) is 10.2. The van der Waals surface area contributed by atoms with Crippen LogP contribution in [0.25, 0.3) is 11.3 Å². The lowest BCUT2D eigenvalue weighted by Gasteiger charge is -2.21. The maximum Gasteiger partial charge on any atom is 0.232 e. The second-order valence-electron chi connectivity index (χ2n) is 8.01. The number of hydrogen-bond acceptors (Lipinski definition) is 9. The van der Waals surface area contributed by atoms with Crippen LogP contribution in [-0.4, -0.2) is 58.8 Å². The van der Waals surface area contributed by atoms with Gasteiger partial charge in [-0.3, -0.25) is 9.78 Å². The number of hydrogen-bond donors (Lipinski definition) is 2. The highest BCUT2D eigenvalue weighted by molar-refractivity contribution is 7.89. The number of ether oxygens (including phenoxy) is 1. The summed E-state index contributed by atoms with van der Waals surface area (Å²) in [7, 11) is 2.11. The summed E-state index contributed by atoms with van der Waals surface area (Å²) in [5.74, 6) is 1.88. The number of benzene rings is 1. The summed E-state index contributed by atoms with van der Waals surface area (Å²) in [6.07, 6.45) is 4.77. The average molecular weight is 483 g/mol. The van der Waals surface area contributed by atoms with E-state index >= 15 is 0 Å². The third kappa shape index (κ3) is 5.17. The molecule has 4 aromatic rings. The molecule has 0 saturated heterocycles. The van der Waals surface area contributed by atoms with Gasteiger partial charge in [0.1, 0.15) is 5.69 Å². The van der Waals surface area contributed by atoms with Gasteiger partial charge in [0, 0.05) is 49.6 Å². The molecule has 2 N–H and O–H groups in total. The molecule has 0 bridgehead atoms. The van der Waals surface area contributed by atoms with Gasteiger partial charge >= 0.3 is 0 Å². The summed E-state index contributed by atoms with van der Waals surface area (Å²) in [6, 6.07) is 9.09. The topological polar surface area (TPSA) is 131 Å². The van der Waals surface area contributed by atoms with E-state index in [0.717, 1.165) is 16.9 Å². The number of aryl methyl sites for hydroxylation is 2. The SMILES string of the molecule is COc1c(Nc2cc(C)[nH]n2)nc(N(C)c2ccc(CS(C)(=O)=O)cc2)nc1-c1cnn(C)c1. The molecule has 178 valence electrons. The fraction of sp³-hybridized carbons (Fsp3) is 0.273. The Bertz CT molecular complexity index is 1410. The van der Waals surface area contributed by atoms with Gasteiger partial charge in [-0.05, 0) is 24.6 Å². The molecule has 4 rings (SSSR count). The molecule has 0 atom stereocenters. The molecule has 0 spiro atoms. The molecule has 0 amide bonds. The minimum Gasteiger partial charge on any atom is -0.491 e. The van der Waals surface area contributed by atoms with E-state index in [1.54, 1.807) is 30.1 Å². The number of nitrogens with zero attached hydrogens (tertiary/aromatic N) is 6. The molecule has 0 aliphatic rings. The highest BCUT2D eigenvalue weighted by Gasteiger charge is 2.21. The predicted octanol–water partition coefficient (Wildman–Crippen LogP) is 2.97. The van der Waals surface area contributed by atoms with Crippen LogP contribution < -0.4 is 15.0 Å². The normalized spacial score (nSPS) is 11.4. The van der Waals surface area contributed by atoms with Crippen LogP contribution in [0.2, 0.25) is 0 Å². The number of anilines is 4. The minimum absolute atomic E-state index is 0.0155. The third-order valence-electron chi connectivity index (χ3n) is 5.04. The van der Waals surface area contributed by atoms with Gasteiger partial charge in [0.25, 0.3) is 0 Å². The maximum absolute atomic E-state index is 11.6. The number of nitrogens with one attached hydrogen (secondary N) is 2. The van der Waals surface area contributed by atoms with Gasteiger partial charge < -0.3 is 15.0 Å². The Balaban J connectivity index is 1.77. The van der Waals surface area contributed by atoms with Crippen molar-refractivity contribution in [1.82, 2.24) is 29.9 Å². The van der Waals surface area contributed by atoms with Crippen LogP contribution in [0.1, 0.15) is 11.3 Å². The first-order valence-electron chi connectivity index (χ1n) is 10.4. The molecule has 3 heterocycles. The van der Waals surface area contributed by atoms with Gasteiger partial charge in [0.15, 0.2) is 27.2 Å². The van der Waals surface area contributed by atoms with Crippen molar-refractivity contribution >= 4 is 33.1 Å². The van der Waals surface area contributed by atoms with Crippen LogP contribution in [0.3, 0.4) is 0 Å². The molecule has 0 fully saturated rings. The zero-order valence-electron chi connectivity index (χ0n) is 19.6. The summed E-state index contributed by atoms with van der Waals surface area (Å²) in [4.78, 5) is 11.3. The van der Waals surface area contributed by atoms with E-state index in [2.05, 4.69) is 20.6 Å². The zero-order chi connectivity index (χ0) is 24.5. The van der Waals surface area contributed by atoms with E-state index in [0.29, 0.717) is 34.6 Å². The fourth-order valence-corrected chi connectivity index (χ4v) is 4.24. The van der Waals surface area contributed by atoms with Crippen LogP contribution in [0.4, 0.5) is 23.3 Å². The number of aromatic nitrogens is 6. The zero-order valence-corrected chi connectivity index (χ0v) is 20.4. The fourth-order valence-electron chi connectivity index (χ4n) is 3.44. The van der Waals surface area contributed by atoms with Crippen molar-refractivity contribution in [3.63, 3.8) is 0 Å². The van der Waals surface area contributed by atoms with Crippen LogP contribution in [-0.2, 0) is 22.6 Å². The highest BCUT2D eigenvalue weighted by Crippen LogP contribution is 2.37. The van der Waals surface area contributed by atoms with Crippen LogP contribution in [0.5, 0.6) is 5.75 Å². The molecule has 0 saturated carbocycles. The molecule has 12 heteroatoms. The Morgan fingerprint density at radius 1 is 1.21 bits per heavy atom. The number of methoxy groups -OCH3 is 1. The first-order chi connectivity index (χ1) is 16.1. The van der Waals surface area contributed by atoms with E-state index in [4.69, 9.17) is 14.7 Å². The molecular formula is C22H26N8O3S. The molecule has 0 aliphatic heterocycles. The number of H-pyrrole nitrogens is 1. The standard InChI is InChI=1S/C22H26N8O3S/c1-14-10-18(28-27-14)24-21-20(33-4)19(16-11-23-29(2)12-16)25-22(26-21)30(3)17-8-6-15(7-9-17)13-34(5,31)32/h6-12H,13H2,1-5H3,(H2,24,25,26,27,28). The first-order valence-corrected chi connectivity index (χ1v) is 12.4. The van der Waals surface area contributed by atoms with Crippen molar-refractivity contribution in [3.05, 3.63) is 54.0 Å². The van der Waals surface area contributed by atoms with Crippen molar-refractivity contribution in [1.29, 1.82) is 0 Å². The molecule has 0 radical (unpaired) electrons. The van der Waals surface area contributed by atoms with Gasteiger partial charge in [-0.15, -0.1) is 0 Å². The van der Waals surface area contributed by atoms with E-state index in [-0.39, 0.29) is 5.75 Å².